The first-order chi connectivity index (χ1) is 18.0. The molecule has 1 amide bonds. The molecular weight excluding hydrogens is 540 g/mol. The van der Waals surface area contributed by atoms with E-state index in [1.807, 2.05) is 0 Å². The number of hydrogen-bond donors (Lipinski definition) is 3. The Balaban J connectivity index is 1.36. The zero-order valence-electron chi connectivity index (χ0n) is 20.1. The van der Waals surface area contributed by atoms with Gasteiger partial charge < -0.3 is 20.1 Å². The van der Waals surface area contributed by atoms with Gasteiger partial charge in [-0.15, -0.1) is 0 Å². The number of sulfone groups is 1. The number of amides is 1. The van der Waals surface area contributed by atoms with Gasteiger partial charge in [0.05, 0.1) is 33.6 Å². The third-order valence-corrected chi connectivity index (χ3v) is 10.5. The van der Waals surface area contributed by atoms with Crippen LogP contribution in [-0.2, 0) is 16.4 Å². The summed E-state index contributed by atoms with van der Waals surface area (Å²) in [6, 6.07) is 6.69. The summed E-state index contributed by atoms with van der Waals surface area (Å²) in [7, 11) is -4.02. The lowest BCUT2D eigenvalue weighted by Crippen LogP contribution is -2.56. The number of fused-ring (bicyclic) bond motifs is 2. The highest BCUT2D eigenvalue weighted by molar-refractivity contribution is 7.92. The first-order valence-corrected chi connectivity index (χ1v) is 14.1. The number of nitrogens with one attached hydrogen (secondary N) is 1. The van der Waals surface area contributed by atoms with E-state index < -0.39 is 56.2 Å². The highest BCUT2D eigenvalue weighted by Crippen LogP contribution is 2.53. The second-order valence-corrected chi connectivity index (χ2v) is 12.6. The maximum atomic E-state index is 13.7. The van der Waals surface area contributed by atoms with Gasteiger partial charge in [0.15, 0.2) is 21.5 Å². The van der Waals surface area contributed by atoms with Gasteiger partial charge in [0.1, 0.15) is 6.10 Å². The molecule has 8 nitrogen and oxygen atoms in total. The number of anilines is 1. The summed E-state index contributed by atoms with van der Waals surface area (Å²) < 4.78 is 55.8. The molecular formula is C26H26ClF2N3O5S. The van der Waals surface area contributed by atoms with Crippen LogP contribution in [-0.4, -0.2) is 51.0 Å². The molecule has 1 unspecified atom stereocenters. The average Bonchev–Trinajstić information content (AvgIpc) is 3.42. The quantitative estimate of drug-likeness (QED) is 0.400. The molecule has 3 N–H and O–H groups in total. The van der Waals surface area contributed by atoms with Crippen LogP contribution in [0.3, 0.4) is 0 Å². The molecule has 38 heavy (non-hydrogen) atoms. The van der Waals surface area contributed by atoms with E-state index in [4.69, 9.17) is 11.6 Å². The minimum Gasteiger partial charge on any atom is -0.388 e. The Kier molecular flexibility index (Phi) is 7.06. The first-order valence-electron chi connectivity index (χ1n) is 12.2. The van der Waals surface area contributed by atoms with E-state index in [9.17, 15) is 32.2 Å². The molecule has 2 aliphatic carbocycles. The van der Waals surface area contributed by atoms with Crippen molar-refractivity contribution in [2.24, 2.45) is 11.8 Å². The van der Waals surface area contributed by atoms with Crippen LogP contribution in [0.4, 0.5) is 14.5 Å². The van der Waals surface area contributed by atoms with E-state index in [0.29, 0.717) is 12.8 Å². The lowest BCUT2D eigenvalue weighted by Gasteiger charge is -2.45. The maximum absolute atomic E-state index is 13.7. The van der Waals surface area contributed by atoms with E-state index in [-0.39, 0.29) is 40.6 Å². The number of halogens is 3. The zero-order chi connectivity index (χ0) is 27.2. The van der Waals surface area contributed by atoms with Crippen LogP contribution in [0.25, 0.3) is 0 Å². The van der Waals surface area contributed by atoms with Crippen molar-refractivity contribution in [2.75, 3.05) is 5.32 Å². The highest BCUT2D eigenvalue weighted by atomic mass is 35.5. The van der Waals surface area contributed by atoms with Gasteiger partial charge in [-0.05, 0) is 67.9 Å². The van der Waals surface area contributed by atoms with E-state index in [2.05, 4.69) is 10.3 Å². The van der Waals surface area contributed by atoms with Crippen LogP contribution < -0.4 is 5.32 Å². The second kappa shape index (κ2) is 10.0. The Hall–Kier alpha value is -2.86. The normalized spacial score (nSPS) is 25.8. The smallest absolute Gasteiger partial charge is 0.255 e. The molecule has 2 saturated carbocycles. The van der Waals surface area contributed by atoms with Crippen molar-refractivity contribution in [3.8, 4) is 0 Å². The molecule has 12 heteroatoms. The van der Waals surface area contributed by atoms with Crippen molar-refractivity contribution < 1.29 is 32.2 Å². The van der Waals surface area contributed by atoms with Crippen LogP contribution in [0.2, 0.25) is 5.02 Å². The summed E-state index contributed by atoms with van der Waals surface area (Å²) >= 11 is 6.28. The summed E-state index contributed by atoms with van der Waals surface area (Å²) in [4.78, 5) is 16.5. The molecule has 3 aromatic rings. The molecule has 2 bridgehead atoms. The van der Waals surface area contributed by atoms with Gasteiger partial charge in [0, 0.05) is 29.7 Å². The number of nitrogens with zero attached hydrogens (tertiary/aromatic N) is 2. The Labute approximate surface area is 223 Å². The van der Waals surface area contributed by atoms with Crippen molar-refractivity contribution >= 4 is 33.0 Å². The number of carbonyl (C=O) groups excluding carboxylic acids is 1. The predicted octanol–water partition coefficient (Wildman–Crippen LogP) is 3.82. The molecule has 0 saturated heterocycles. The fourth-order valence-electron chi connectivity index (χ4n) is 5.90. The Bertz CT molecular complexity index is 1450. The fraction of sp³-hybridized carbons (Fsp3) is 0.385. The van der Waals surface area contributed by atoms with Crippen molar-refractivity contribution in [2.45, 2.75) is 54.1 Å². The first kappa shape index (κ1) is 26.7. The van der Waals surface area contributed by atoms with Gasteiger partial charge in [0.25, 0.3) is 5.91 Å². The minimum absolute atomic E-state index is 0.00523. The molecule has 202 valence electrons. The number of benzene rings is 2. The van der Waals surface area contributed by atoms with Gasteiger partial charge in [-0.1, -0.05) is 11.6 Å². The standard InChI is InChI=1S/C26H26ClF2N3O5S/c27-20-5-1-15(25(34)31-18-4-6-21(28)22(29)12-18)9-23(20)38(36,37)19-10-16-2-3-17(11-19)26(16,35)24(33)13-32-8-7-30-14-32/h1,4-9,12,14,16-17,19,24,33,35H,2-3,10-11,13H2,(H,31,34)/t16-,17+,19+,24?,26-. The van der Waals surface area contributed by atoms with E-state index >= 15 is 0 Å². The largest absolute Gasteiger partial charge is 0.388 e. The van der Waals surface area contributed by atoms with E-state index in [0.717, 1.165) is 12.1 Å². The second-order valence-electron chi connectivity index (χ2n) is 10.0. The Morgan fingerprint density at radius 3 is 2.50 bits per heavy atom. The molecule has 2 aliphatic rings. The van der Waals surface area contributed by atoms with Gasteiger partial charge >= 0.3 is 0 Å². The number of imidazole rings is 1. The topological polar surface area (TPSA) is 122 Å². The van der Waals surface area contributed by atoms with Crippen molar-refractivity contribution in [1.29, 1.82) is 0 Å². The number of aliphatic hydroxyl groups excluding tert-OH is 1. The Morgan fingerprint density at radius 2 is 1.87 bits per heavy atom. The van der Waals surface area contributed by atoms with Crippen molar-refractivity contribution in [3.63, 3.8) is 0 Å². The SMILES string of the molecule is O=C(Nc1ccc(F)c(F)c1)c1ccc(Cl)c(S(=O)(=O)[C@H]2C[C@H]3CC[C@@H](C2)[C@@]3(O)C(O)Cn2ccnc2)c1. The molecule has 0 spiro atoms. The van der Waals surface area contributed by atoms with E-state index in [1.54, 1.807) is 23.3 Å². The van der Waals surface area contributed by atoms with Crippen LogP contribution in [0, 0.1) is 23.5 Å². The van der Waals surface area contributed by atoms with Crippen molar-refractivity contribution in [1.82, 2.24) is 9.55 Å². The molecule has 2 aromatic carbocycles. The lowest BCUT2D eigenvalue weighted by molar-refractivity contribution is -0.146. The average molecular weight is 566 g/mol. The number of aromatic nitrogens is 2. The summed E-state index contributed by atoms with van der Waals surface area (Å²) in [5, 5.41) is 24.0. The number of hydrogen-bond acceptors (Lipinski definition) is 6. The maximum Gasteiger partial charge on any atom is 0.255 e. The summed E-state index contributed by atoms with van der Waals surface area (Å²) in [5.41, 5.74) is -1.44. The molecule has 1 heterocycles. The van der Waals surface area contributed by atoms with Gasteiger partial charge in [-0.2, -0.15) is 0 Å². The molecule has 0 radical (unpaired) electrons. The number of aliphatic hydroxyl groups is 2. The number of carbonyl (C=O) groups is 1. The van der Waals surface area contributed by atoms with Gasteiger partial charge in [-0.3, -0.25) is 4.79 Å². The summed E-state index contributed by atoms with van der Waals surface area (Å²) in [6.45, 7) is 0.141. The highest BCUT2D eigenvalue weighted by Gasteiger charge is 2.59. The lowest BCUT2D eigenvalue weighted by atomic mass is 9.71. The third kappa shape index (κ3) is 4.72. The Morgan fingerprint density at radius 1 is 1.16 bits per heavy atom. The molecule has 0 aliphatic heterocycles. The van der Waals surface area contributed by atoms with Crippen LogP contribution in [0.15, 0.2) is 60.0 Å². The minimum atomic E-state index is -4.02. The number of rotatable bonds is 7. The molecule has 2 fully saturated rings. The molecule has 1 aromatic heterocycles. The van der Waals surface area contributed by atoms with Gasteiger partial charge in [0.2, 0.25) is 0 Å². The zero-order valence-corrected chi connectivity index (χ0v) is 21.7. The molecule has 5 rings (SSSR count). The molecule has 5 atom stereocenters. The fourth-order valence-corrected chi connectivity index (χ4v) is 8.30. The van der Waals surface area contributed by atoms with Crippen LogP contribution in [0.5, 0.6) is 0 Å². The summed E-state index contributed by atoms with van der Waals surface area (Å²) in [5.74, 6) is -3.78. The summed E-state index contributed by atoms with van der Waals surface area (Å²) in [6.07, 6.45) is 5.15. The van der Waals surface area contributed by atoms with Crippen molar-refractivity contribution in [3.05, 3.63) is 77.3 Å². The van der Waals surface area contributed by atoms with E-state index in [1.165, 1.54) is 24.3 Å². The monoisotopic (exact) mass is 565 g/mol. The van der Waals surface area contributed by atoms with Crippen LogP contribution in [0.1, 0.15) is 36.0 Å². The van der Waals surface area contributed by atoms with Crippen LogP contribution >= 0.6 is 11.6 Å². The third-order valence-electron chi connectivity index (χ3n) is 7.86. The van der Waals surface area contributed by atoms with Gasteiger partial charge in [-0.25, -0.2) is 22.2 Å². The predicted molar refractivity (Wildman–Crippen MR) is 135 cm³/mol.